The summed E-state index contributed by atoms with van der Waals surface area (Å²) in [5.74, 6) is -0.644. The fourth-order valence-electron chi connectivity index (χ4n) is 1.65. The molecule has 0 atom stereocenters. The van der Waals surface area contributed by atoms with E-state index >= 15 is 0 Å². The normalized spacial score (nSPS) is 11.2. The summed E-state index contributed by atoms with van der Waals surface area (Å²) >= 11 is 0. The average Bonchev–Trinajstić information content (AvgIpc) is 2.38. The highest BCUT2D eigenvalue weighted by Gasteiger charge is 2.20. The van der Waals surface area contributed by atoms with Gasteiger partial charge in [-0.3, -0.25) is 4.72 Å². The van der Waals surface area contributed by atoms with E-state index in [1.807, 2.05) is 0 Å². The van der Waals surface area contributed by atoms with E-state index in [4.69, 9.17) is 4.74 Å². The van der Waals surface area contributed by atoms with Crippen molar-refractivity contribution in [3.63, 3.8) is 0 Å². The molecule has 1 aromatic heterocycles. The predicted octanol–water partition coefficient (Wildman–Crippen LogP) is 2.34. The molecule has 2 rings (SSSR count). The van der Waals surface area contributed by atoms with Crippen LogP contribution < -0.4 is 9.46 Å². The number of aryl methyl sites for hydroxylation is 1. The van der Waals surface area contributed by atoms with Gasteiger partial charge in [-0.2, -0.15) is 4.39 Å². The first-order valence-corrected chi connectivity index (χ1v) is 7.21. The molecule has 20 heavy (non-hydrogen) atoms. The SMILES string of the molecule is COc1ccc(C)cc1S(=O)(=O)Nc1cccc(F)n1. The lowest BCUT2D eigenvalue weighted by Crippen LogP contribution is -2.15. The Morgan fingerprint density at radius 1 is 1.25 bits per heavy atom. The number of benzene rings is 1. The van der Waals surface area contributed by atoms with Crippen LogP contribution in [0.15, 0.2) is 41.3 Å². The molecule has 0 aliphatic carbocycles. The van der Waals surface area contributed by atoms with E-state index in [0.717, 1.165) is 11.6 Å². The van der Waals surface area contributed by atoms with E-state index in [2.05, 4.69) is 9.71 Å². The number of hydrogen-bond donors (Lipinski definition) is 1. The van der Waals surface area contributed by atoms with Crippen molar-refractivity contribution in [1.82, 2.24) is 4.98 Å². The first kappa shape index (κ1) is 14.3. The first-order valence-electron chi connectivity index (χ1n) is 5.72. The second kappa shape index (κ2) is 5.46. The van der Waals surface area contributed by atoms with E-state index in [0.29, 0.717) is 0 Å². The number of ether oxygens (including phenoxy) is 1. The molecule has 0 amide bonds. The maximum absolute atomic E-state index is 13.0. The van der Waals surface area contributed by atoms with Crippen LogP contribution in [0.2, 0.25) is 0 Å². The van der Waals surface area contributed by atoms with Crippen molar-refractivity contribution < 1.29 is 17.5 Å². The molecule has 0 saturated carbocycles. The summed E-state index contributed by atoms with van der Waals surface area (Å²) in [6.07, 6.45) is 0. The van der Waals surface area contributed by atoms with Crippen LogP contribution >= 0.6 is 0 Å². The number of aromatic nitrogens is 1. The number of halogens is 1. The van der Waals surface area contributed by atoms with Gasteiger partial charge in [0.2, 0.25) is 5.95 Å². The Hall–Kier alpha value is -2.15. The van der Waals surface area contributed by atoms with Gasteiger partial charge >= 0.3 is 0 Å². The second-order valence-corrected chi connectivity index (χ2v) is 5.76. The molecule has 7 heteroatoms. The van der Waals surface area contributed by atoms with Crippen molar-refractivity contribution in [2.45, 2.75) is 11.8 Å². The standard InChI is InChI=1S/C13H13FN2O3S/c1-9-6-7-10(19-2)11(8-9)20(17,18)16-13-5-3-4-12(14)15-13/h3-8H,1-2H3,(H,15,16). The lowest BCUT2D eigenvalue weighted by Gasteiger charge is -2.11. The maximum Gasteiger partial charge on any atom is 0.266 e. The van der Waals surface area contributed by atoms with Crippen molar-refractivity contribution >= 4 is 15.8 Å². The minimum Gasteiger partial charge on any atom is -0.495 e. The summed E-state index contributed by atoms with van der Waals surface area (Å²) in [6, 6.07) is 8.63. The van der Waals surface area contributed by atoms with Gasteiger partial charge in [-0.25, -0.2) is 13.4 Å². The summed E-state index contributed by atoms with van der Waals surface area (Å²) in [6.45, 7) is 1.76. The second-order valence-electron chi connectivity index (χ2n) is 4.11. The third-order valence-corrected chi connectivity index (χ3v) is 3.94. The zero-order valence-electron chi connectivity index (χ0n) is 10.9. The highest BCUT2D eigenvalue weighted by Crippen LogP contribution is 2.26. The van der Waals surface area contributed by atoms with Crippen LogP contribution in [0, 0.1) is 12.9 Å². The molecule has 0 radical (unpaired) electrons. The van der Waals surface area contributed by atoms with Crippen molar-refractivity contribution in [2.24, 2.45) is 0 Å². The van der Waals surface area contributed by atoms with Crippen LogP contribution in [0.25, 0.3) is 0 Å². The van der Waals surface area contributed by atoms with Crippen LogP contribution in [0.1, 0.15) is 5.56 Å². The van der Waals surface area contributed by atoms with Gasteiger partial charge in [-0.05, 0) is 36.8 Å². The molecule has 0 fully saturated rings. The predicted molar refractivity (Wildman–Crippen MR) is 72.7 cm³/mol. The molecule has 0 aliphatic rings. The average molecular weight is 296 g/mol. The van der Waals surface area contributed by atoms with Crippen LogP contribution in [0.5, 0.6) is 5.75 Å². The molecule has 106 valence electrons. The smallest absolute Gasteiger partial charge is 0.266 e. The number of hydrogen-bond acceptors (Lipinski definition) is 4. The monoisotopic (exact) mass is 296 g/mol. The number of nitrogens with one attached hydrogen (secondary N) is 1. The Morgan fingerprint density at radius 2 is 2.00 bits per heavy atom. The van der Waals surface area contributed by atoms with Gasteiger partial charge in [0, 0.05) is 0 Å². The Morgan fingerprint density at radius 3 is 2.65 bits per heavy atom. The Labute approximate surface area is 116 Å². The molecule has 2 aromatic rings. The van der Waals surface area contributed by atoms with Crippen molar-refractivity contribution in [2.75, 3.05) is 11.8 Å². The molecular formula is C13H13FN2O3S. The summed E-state index contributed by atoms with van der Waals surface area (Å²) in [7, 11) is -2.52. The Kier molecular flexibility index (Phi) is 3.89. The van der Waals surface area contributed by atoms with Gasteiger partial charge in [0.15, 0.2) is 0 Å². The van der Waals surface area contributed by atoms with Gasteiger partial charge in [-0.1, -0.05) is 12.1 Å². The molecule has 1 aromatic carbocycles. The lowest BCUT2D eigenvalue weighted by atomic mass is 10.2. The third-order valence-electron chi connectivity index (χ3n) is 2.56. The number of sulfonamides is 1. The van der Waals surface area contributed by atoms with Gasteiger partial charge in [0.05, 0.1) is 7.11 Å². The van der Waals surface area contributed by atoms with Gasteiger partial charge < -0.3 is 4.74 Å². The van der Waals surface area contributed by atoms with Crippen LogP contribution in [0.4, 0.5) is 10.2 Å². The van der Waals surface area contributed by atoms with Gasteiger partial charge in [-0.15, -0.1) is 0 Å². The van der Waals surface area contributed by atoms with Crippen molar-refractivity contribution in [1.29, 1.82) is 0 Å². The number of anilines is 1. The largest absolute Gasteiger partial charge is 0.495 e. The number of methoxy groups -OCH3 is 1. The minimum absolute atomic E-state index is 0.0222. The van der Waals surface area contributed by atoms with Crippen molar-refractivity contribution in [3.8, 4) is 5.75 Å². The number of pyridine rings is 1. The highest BCUT2D eigenvalue weighted by molar-refractivity contribution is 7.92. The van der Waals surface area contributed by atoms with E-state index in [9.17, 15) is 12.8 Å². The van der Waals surface area contributed by atoms with E-state index in [1.54, 1.807) is 19.1 Å². The topological polar surface area (TPSA) is 68.3 Å². The molecule has 0 spiro atoms. The summed E-state index contributed by atoms with van der Waals surface area (Å²) in [4.78, 5) is 3.44. The zero-order chi connectivity index (χ0) is 14.8. The minimum atomic E-state index is -3.90. The lowest BCUT2D eigenvalue weighted by molar-refractivity contribution is 0.402. The quantitative estimate of drug-likeness (QED) is 0.879. The Balaban J connectivity index is 2.43. The zero-order valence-corrected chi connectivity index (χ0v) is 11.7. The number of nitrogens with zero attached hydrogens (tertiary/aromatic N) is 1. The number of rotatable bonds is 4. The molecule has 1 heterocycles. The molecular weight excluding hydrogens is 283 g/mol. The van der Waals surface area contributed by atoms with E-state index < -0.39 is 16.0 Å². The van der Waals surface area contributed by atoms with Crippen LogP contribution in [0.3, 0.4) is 0 Å². The van der Waals surface area contributed by atoms with Crippen LogP contribution in [-0.2, 0) is 10.0 Å². The van der Waals surface area contributed by atoms with Gasteiger partial charge in [0.1, 0.15) is 16.5 Å². The summed E-state index contributed by atoms with van der Waals surface area (Å²) in [5, 5.41) is 0. The fraction of sp³-hybridized carbons (Fsp3) is 0.154. The molecule has 0 bridgehead atoms. The first-order chi connectivity index (χ1) is 9.42. The summed E-state index contributed by atoms with van der Waals surface area (Å²) in [5.41, 5.74) is 0.762. The maximum atomic E-state index is 13.0. The van der Waals surface area contributed by atoms with Crippen molar-refractivity contribution in [3.05, 3.63) is 47.9 Å². The van der Waals surface area contributed by atoms with Gasteiger partial charge in [0.25, 0.3) is 10.0 Å². The van der Waals surface area contributed by atoms with E-state index in [-0.39, 0.29) is 16.5 Å². The molecule has 0 saturated heterocycles. The molecule has 0 unspecified atom stereocenters. The molecule has 0 aliphatic heterocycles. The third kappa shape index (κ3) is 3.05. The fourth-order valence-corrected chi connectivity index (χ4v) is 2.91. The van der Waals surface area contributed by atoms with Crippen LogP contribution in [-0.4, -0.2) is 20.5 Å². The summed E-state index contributed by atoms with van der Waals surface area (Å²) < 4.78 is 44.8. The Bertz CT molecular complexity index is 732. The molecule has 1 N–H and O–H groups in total. The van der Waals surface area contributed by atoms with E-state index in [1.165, 1.54) is 25.3 Å². The highest BCUT2D eigenvalue weighted by atomic mass is 32.2. The molecule has 5 nitrogen and oxygen atoms in total.